The van der Waals surface area contributed by atoms with Crippen molar-refractivity contribution in [1.82, 2.24) is 29.9 Å². The lowest BCUT2D eigenvalue weighted by molar-refractivity contribution is -0.155. The molecule has 0 saturated carbocycles. The fourth-order valence-corrected chi connectivity index (χ4v) is 7.16. The minimum atomic E-state index is -4.32. The number of alkyl halides is 3. The Morgan fingerprint density at radius 2 is 1.81 bits per heavy atom. The minimum absolute atomic E-state index is 0.242. The number of fused-ring (bicyclic) bond motifs is 3. The van der Waals surface area contributed by atoms with Crippen molar-refractivity contribution in [2.24, 2.45) is 0 Å². The number of H-pyrrole nitrogens is 1. The van der Waals surface area contributed by atoms with Crippen molar-refractivity contribution in [3.8, 4) is 0 Å². The van der Waals surface area contributed by atoms with Gasteiger partial charge in [-0.1, -0.05) is 12.1 Å². The third kappa shape index (κ3) is 6.38. The summed E-state index contributed by atoms with van der Waals surface area (Å²) in [4.78, 5) is 23.1. The van der Waals surface area contributed by atoms with Crippen molar-refractivity contribution in [3.63, 3.8) is 0 Å². The monoisotopic (exact) mass is 598 g/mol. The topological polar surface area (TPSA) is 77.6 Å². The lowest BCUT2D eigenvalue weighted by Gasteiger charge is -2.42. The Labute approximate surface area is 250 Å². The van der Waals surface area contributed by atoms with Crippen LogP contribution in [-0.4, -0.2) is 92.6 Å². The van der Waals surface area contributed by atoms with Crippen LogP contribution in [0.1, 0.15) is 81.3 Å². The van der Waals surface area contributed by atoms with E-state index in [1.165, 1.54) is 4.90 Å². The molecule has 3 atom stereocenters. The largest absolute Gasteiger partial charge is 0.444 e. The first-order chi connectivity index (χ1) is 20.4. The van der Waals surface area contributed by atoms with Crippen LogP contribution in [0.5, 0.6) is 0 Å². The summed E-state index contributed by atoms with van der Waals surface area (Å²) in [7, 11) is 0. The molecule has 1 N–H and O–H groups in total. The molecule has 232 valence electrons. The summed E-state index contributed by atoms with van der Waals surface area (Å²) >= 11 is 0. The van der Waals surface area contributed by atoms with Crippen LogP contribution in [0.25, 0.3) is 10.9 Å². The Bertz CT molecular complexity index is 1440. The van der Waals surface area contributed by atoms with E-state index in [-0.39, 0.29) is 12.1 Å². The van der Waals surface area contributed by atoms with Gasteiger partial charge in [-0.05, 0) is 101 Å². The number of hydrogen-bond acceptors (Lipinski definition) is 6. The van der Waals surface area contributed by atoms with Gasteiger partial charge in [0, 0.05) is 36.8 Å². The summed E-state index contributed by atoms with van der Waals surface area (Å²) in [5.74, 6) is 0.343. The van der Waals surface area contributed by atoms with Crippen LogP contribution in [0.15, 0.2) is 36.7 Å². The third-order valence-corrected chi connectivity index (χ3v) is 9.25. The van der Waals surface area contributed by atoms with Crippen LogP contribution in [0.2, 0.25) is 0 Å². The van der Waals surface area contributed by atoms with E-state index in [1.54, 1.807) is 6.20 Å². The maximum Gasteiger partial charge on any atom is 0.410 e. The van der Waals surface area contributed by atoms with E-state index >= 15 is 0 Å². The molecule has 3 aromatic rings. The van der Waals surface area contributed by atoms with E-state index in [1.807, 2.05) is 57.0 Å². The number of nitrogens with zero attached hydrogens (tertiary/aromatic N) is 5. The smallest absolute Gasteiger partial charge is 0.410 e. The molecule has 1 amide bonds. The van der Waals surface area contributed by atoms with Crippen LogP contribution >= 0.6 is 0 Å². The number of amides is 1. The molecule has 0 radical (unpaired) electrons. The molecular weight excluding hydrogens is 557 g/mol. The van der Waals surface area contributed by atoms with E-state index in [2.05, 4.69) is 21.2 Å². The molecule has 2 fully saturated rings. The predicted molar refractivity (Wildman–Crippen MR) is 158 cm³/mol. The second-order valence-corrected chi connectivity index (χ2v) is 13.4. The SMILES string of the molecule is C[C@@H]1Cc2c(ccc3[nH]ncc23)[C@@H](c2ccc(C3CCN(C4CCN(C(=O)OC(C)(C)C)C4)CC3)cn2)N1CC(F)(F)F. The Morgan fingerprint density at radius 3 is 2.49 bits per heavy atom. The van der Waals surface area contributed by atoms with E-state index in [0.717, 1.165) is 59.9 Å². The highest BCUT2D eigenvalue weighted by Crippen LogP contribution is 2.41. The van der Waals surface area contributed by atoms with Gasteiger partial charge in [0.25, 0.3) is 0 Å². The molecule has 0 bridgehead atoms. The number of carbonyl (C=O) groups is 1. The average molecular weight is 599 g/mol. The fraction of sp³-hybridized carbons (Fsp3) is 0.594. The van der Waals surface area contributed by atoms with Gasteiger partial charge in [0.05, 0.1) is 30.0 Å². The molecule has 2 saturated heterocycles. The molecule has 1 unspecified atom stereocenters. The zero-order chi connectivity index (χ0) is 30.5. The lowest BCUT2D eigenvalue weighted by atomic mass is 9.84. The van der Waals surface area contributed by atoms with Crippen LogP contribution in [0.3, 0.4) is 0 Å². The maximum absolute atomic E-state index is 13.8. The number of ether oxygens (including phenoxy) is 1. The molecule has 11 heteroatoms. The van der Waals surface area contributed by atoms with Crippen molar-refractivity contribution in [1.29, 1.82) is 0 Å². The van der Waals surface area contributed by atoms with Crippen molar-refractivity contribution in [3.05, 3.63) is 59.0 Å². The average Bonchev–Trinajstić information content (AvgIpc) is 3.63. The second kappa shape index (κ2) is 11.4. The molecule has 43 heavy (non-hydrogen) atoms. The van der Waals surface area contributed by atoms with Crippen LogP contribution in [0, 0.1) is 0 Å². The van der Waals surface area contributed by atoms with Gasteiger partial charge in [-0.15, -0.1) is 0 Å². The highest BCUT2D eigenvalue weighted by molar-refractivity contribution is 5.83. The number of benzene rings is 1. The highest BCUT2D eigenvalue weighted by atomic mass is 19.4. The van der Waals surface area contributed by atoms with Gasteiger partial charge < -0.3 is 9.64 Å². The van der Waals surface area contributed by atoms with Crippen molar-refractivity contribution in [2.75, 3.05) is 32.7 Å². The first-order valence-corrected chi connectivity index (χ1v) is 15.3. The second-order valence-electron chi connectivity index (χ2n) is 13.4. The maximum atomic E-state index is 13.8. The first-order valence-electron chi connectivity index (χ1n) is 15.3. The molecule has 8 nitrogen and oxygen atoms in total. The molecule has 2 aromatic heterocycles. The Kier molecular flexibility index (Phi) is 7.91. The number of pyridine rings is 1. The number of aromatic nitrogens is 3. The highest BCUT2D eigenvalue weighted by Gasteiger charge is 2.42. The number of aromatic amines is 1. The predicted octanol–water partition coefficient (Wildman–Crippen LogP) is 6.05. The number of nitrogens with one attached hydrogen (secondary N) is 1. The van der Waals surface area contributed by atoms with Crippen molar-refractivity contribution >= 4 is 17.0 Å². The summed E-state index contributed by atoms with van der Waals surface area (Å²) in [6, 6.07) is 7.24. The normalized spacial score (nSPS) is 24.4. The summed E-state index contributed by atoms with van der Waals surface area (Å²) in [6.07, 6.45) is 2.50. The van der Waals surface area contributed by atoms with E-state index < -0.39 is 24.4 Å². The number of piperidine rings is 1. The molecule has 5 heterocycles. The number of halogens is 3. The molecule has 6 rings (SSSR count). The van der Waals surface area contributed by atoms with Crippen LogP contribution in [0.4, 0.5) is 18.0 Å². The Hall–Kier alpha value is -3.18. The first kappa shape index (κ1) is 29.9. The van der Waals surface area contributed by atoms with Gasteiger partial charge in [-0.2, -0.15) is 18.3 Å². The number of hydrogen-bond donors (Lipinski definition) is 1. The summed E-state index contributed by atoms with van der Waals surface area (Å²) < 4.78 is 46.8. The third-order valence-electron chi connectivity index (χ3n) is 9.25. The molecule has 0 spiro atoms. The Balaban J connectivity index is 1.15. The van der Waals surface area contributed by atoms with Gasteiger partial charge in [0.2, 0.25) is 0 Å². The molecule has 1 aromatic carbocycles. The summed E-state index contributed by atoms with van der Waals surface area (Å²) in [5.41, 5.74) is 4.05. The van der Waals surface area contributed by atoms with Crippen molar-refractivity contribution in [2.45, 2.75) is 89.2 Å². The van der Waals surface area contributed by atoms with Gasteiger partial charge in [-0.25, -0.2) is 4.79 Å². The zero-order valence-corrected chi connectivity index (χ0v) is 25.3. The van der Waals surface area contributed by atoms with Crippen molar-refractivity contribution < 1.29 is 22.7 Å². The van der Waals surface area contributed by atoms with Gasteiger partial charge in [0.15, 0.2) is 0 Å². The number of rotatable bonds is 4. The van der Waals surface area contributed by atoms with Gasteiger partial charge in [-0.3, -0.25) is 19.9 Å². The van der Waals surface area contributed by atoms with E-state index in [0.29, 0.717) is 37.2 Å². The van der Waals surface area contributed by atoms with Crippen LogP contribution in [-0.2, 0) is 11.2 Å². The van der Waals surface area contributed by atoms with Gasteiger partial charge >= 0.3 is 12.3 Å². The minimum Gasteiger partial charge on any atom is -0.444 e. The number of likely N-dealkylation sites (tertiary alicyclic amines) is 2. The summed E-state index contributed by atoms with van der Waals surface area (Å²) in [5, 5.41) is 8.11. The zero-order valence-electron chi connectivity index (χ0n) is 25.3. The molecular formula is C32H41F3N6O2. The molecule has 3 aliphatic rings. The quantitative estimate of drug-likeness (QED) is 0.394. The van der Waals surface area contributed by atoms with Gasteiger partial charge in [0.1, 0.15) is 5.60 Å². The van der Waals surface area contributed by atoms with E-state index in [9.17, 15) is 18.0 Å². The molecule has 0 aliphatic carbocycles. The van der Waals surface area contributed by atoms with E-state index in [4.69, 9.17) is 9.72 Å². The summed E-state index contributed by atoms with van der Waals surface area (Å²) in [6.45, 7) is 9.81. The standard InChI is InChI=1S/C32H41F3N6O2/c1-20-15-25-24(6-8-27-26(25)17-37-38-27)29(41(20)19-32(33,34)35)28-7-5-22(16-36-28)21-9-12-39(13-10-21)23-11-14-40(18-23)30(42)43-31(2,3)4/h5-8,16-17,20-21,23,29H,9-15,18-19H2,1-4H3,(H,37,38)/t20-,23?,29+/m1/s1. The number of carbonyl (C=O) groups excluding carboxylic acids is 1. The molecule has 3 aliphatic heterocycles. The fourth-order valence-electron chi connectivity index (χ4n) is 7.16. The lowest BCUT2D eigenvalue weighted by Crippen LogP contribution is -2.47. The van der Waals surface area contributed by atoms with Crippen LogP contribution < -0.4 is 0 Å². The Morgan fingerprint density at radius 1 is 1.05 bits per heavy atom.